The number of amides is 1. The van der Waals surface area contributed by atoms with Gasteiger partial charge in [-0.05, 0) is 63.1 Å². The van der Waals surface area contributed by atoms with E-state index in [1.807, 2.05) is 0 Å². The molecule has 1 amide bonds. The molecule has 0 bridgehead atoms. The highest BCUT2D eigenvalue weighted by Gasteiger charge is 2.20. The molecular formula is C25H24ClF3N2O4. The fourth-order valence-electron chi connectivity index (χ4n) is 3.30. The molecule has 0 aliphatic rings. The van der Waals surface area contributed by atoms with Crippen molar-refractivity contribution in [2.45, 2.75) is 46.4 Å². The van der Waals surface area contributed by atoms with Gasteiger partial charge in [0.15, 0.2) is 0 Å². The van der Waals surface area contributed by atoms with Crippen LogP contribution in [0, 0.1) is 24.4 Å². The number of rotatable bonds is 6. The van der Waals surface area contributed by atoms with E-state index in [0.29, 0.717) is 11.1 Å². The van der Waals surface area contributed by atoms with Crippen molar-refractivity contribution in [3.05, 3.63) is 92.1 Å². The Kier molecular flexibility index (Phi) is 7.80. The van der Waals surface area contributed by atoms with Gasteiger partial charge in [0.1, 0.15) is 46.1 Å². The molecule has 1 N–H and O–H groups in total. The fourth-order valence-corrected chi connectivity index (χ4v) is 3.50. The molecule has 0 spiro atoms. The quantitative estimate of drug-likeness (QED) is 0.455. The van der Waals surface area contributed by atoms with E-state index in [-0.39, 0.29) is 29.6 Å². The molecule has 0 aliphatic heterocycles. The highest BCUT2D eigenvalue weighted by molar-refractivity contribution is 6.31. The second-order valence-electron chi connectivity index (χ2n) is 8.73. The zero-order chi connectivity index (χ0) is 25.9. The number of aromatic nitrogens is 1. The Bertz CT molecular complexity index is 1300. The normalized spacial score (nSPS) is 11.3. The van der Waals surface area contributed by atoms with Crippen molar-refractivity contribution >= 4 is 17.7 Å². The summed E-state index contributed by atoms with van der Waals surface area (Å²) in [6.07, 6.45) is -0.670. The second kappa shape index (κ2) is 10.4. The highest BCUT2D eigenvalue weighted by atomic mass is 35.5. The largest absolute Gasteiger partial charge is 0.487 e. The summed E-state index contributed by atoms with van der Waals surface area (Å²) in [6, 6.07) is 8.55. The third kappa shape index (κ3) is 6.36. The van der Waals surface area contributed by atoms with E-state index < -0.39 is 40.4 Å². The number of halogens is 4. The van der Waals surface area contributed by atoms with Crippen LogP contribution in [-0.2, 0) is 17.9 Å². The van der Waals surface area contributed by atoms with E-state index in [1.54, 1.807) is 20.8 Å². The molecule has 0 radical (unpaired) electrons. The molecule has 1 aromatic heterocycles. The van der Waals surface area contributed by atoms with Crippen LogP contribution in [0.3, 0.4) is 0 Å². The molecule has 1 heterocycles. The van der Waals surface area contributed by atoms with E-state index in [0.717, 1.165) is 16.7 Å². The summed E-state index contributed by atoms with van der Waals surface area (Å²) in [5.74, 6) is -2.38. The molecule has 0 atom stereocenters. The second-order valence-corrected chi connectivity index (χ2v) is 9.11. The molecule has 3 rings (SSSR count). The molecular weight excluding hydrogens is 485 g/mol. The molecule has 0 saturated heterocycles. The summed E-state index contributed by atoms with van der Waals surface area (Å²) >= 11 is 6.18. The molecule has 10 heteroatoms. The molecule has 35 heavy (non-hydrogen) atoms. The summed E-state index contributed by atoms with van der Waals surface area (Å²) in [4.78, 5) is 24.8. The van der Waals surface area contributed by atoms with Crippen molar-refractivity contribution in [2.24, 2.45) is 0 Å². The fraction of sp³-hybridized carbons (Fsp3) is 0.280. The van der Waals surface area contributed by atoms with Gasteiger partial charge in [-0.2, -0.15) is 0 Å². The standard InChI is InChI=1S/C25H24ClF3N2O4/c1-14-10-20(21(26)23(32)31(14)22-18(28)6-5-7-19(22)29)34-13-15-8-9-17(27)11-16(15)12-30-24(33)35-25(2,3)4/h5-11H,12-13H2,1-4H3,(H,30,33). The molecule has 2 aromatic carbocycles. The van der Waals surface area contributed by atoms with Gasteiger partial charge < -0.3 is 14.8 Å². The first-order valence-electron chi connectivity index (χ1n) is 10.6. The minimum atomic E-state index is -0.923. The van der Waals surface area contributed by atoms with Crippen molar-refractivity contribution in [1.82, 2.24) is 9.88 Å². The Labute approximate surface area is 205 Å². The van der Waals surface area contributed by atoms with Crippen LogP contribution in [-0.4, -0.2) is 16.3 Å². The topological polar surface area (TPSA) is 69.6 Å². The lowest BCUT2D eigenvalue weighted by atomic mass is 10.1. The minimum Gasteiger partial charge on any atom is -0.487 e. The van der Waals surface area contributed by atoms with E-state index in [4.69, 9.17) is 21.1 Å². The Balaban J connectivity index is 1.84. The lowest BCUT2D eigenvalue weighted by Crippen LogP contribution is -2.32. The SMILES string of the molecule is Cc1cc(OCc2ccc(F)cc2CNC(=O)OC(C)(C)C)c(Cl)c(=O)n1-c1c(F)cccc1F. The van der Waals surface area contributed by atoms with Gasteiger partial charge in [-0.3, -0.25) is 9.36 Å². The highest BCUT2D eigenvalue weighted by Crippen LogP contribution is 2.27. The van der Waals surface area contributed by atoms with Crippen LogP contribution in [0.25, 0.3) is 5.69 Å². The first-order chi connectivity index (χ1) is 16.4. The molecule has 0 aliphatic carbocycles. The van der Waals surface area contributed by atoms with E-state index in [9.17, 15) is 22.8 Å². The van der Waals surface area contributed by atoms with Crippen molar-refractivity contribution in [3.8, 4) is 11.4 Å². The zero-order valence-electron chi connectivity index (χ0n) is 19.5. The van der Waals surface area contributed by atoms with Crippen LogP contribution in [0.5, 0.6) is 5.75 Å². The zero-order valence-corrected chi connectivity index (χ0v) is 20.3. The number of hydrogen-bond acceptors (Lipinski definition) is 4. The molecule has 186 valence electrons. The van der Waals surface area contributed by atoms with Gasteiger partial charge in [-0.1, -0.05) is 23.7 Å². The van der Waals surface area contributed by atoms with E-state index in [1.165, 1.54) is 37.3 Å². The van der Waals surface area contributed by atoms with Crippen LogP contribution in [0.15, 0.2) is 47.3 Å². The predicted octanol–water partition coefficient (Wildman–Crippen LogP) is 5.82. The number of carbonyl (C=O) groups excluding carboxylic acids is 1. The predicted molar refractivity (Wildman–Crippen MR) is 126 cm³/mol. The lowest BCUT2D eigenvalue weighted by molar-refractivity contribution is 0.0523. The summed E-state index contributed by atoms with van der Waals surface area (Å²) in [6.45, 7) is 6.47. The minimum absolute atomic E-state index is 0.0162. The first-order valence-corrected chi connectivity index (χ1v) is 11.0. The number of aryl methyl sites for hydroxylation is 1. The maximum absolute atomic E-state index is 14.3. The molecule has 6 nitrogen and oxygen atoms in total. The number of hydrogen-bond donors (Lipinski definition) is 1. The Morgan fingerprint density at radius 3 is 2.34 bits per heavy atom. The molecule has 0 unspecified atom stereocenters. The maximum Gasteiger partial charge on any atom is 0.407 e. The first kappa shape index (κ1) is 26.2. The Morgan fingerprint density at radius 2 is 1.71 bits per heavy atom. The number of benzene rings is 2. The van der Waals surface area contributed by atoms with Crippen LogP contribution in [0.2, 0.25) is 5.02 Å². The van der Waals surface area contributed by atoms with E-state index in [2.05, 4.69) is 5.32 Å². The summed E-state index contributed by atoms with van der Waals surface area (Å²) < 4.78 is 54.1. The van der Waals surface area contributed by atoms with Gasteiger partial charge in [-0.15, -0.1) is 0 Å². The van der Waals surface area contributed by atoms with Crippen molar-refractivity contribution in [1.29, 1.82) is 0 Å². The van der Waals surface area contributed by atoms with Gasteiger partial charge >= 0.3 is 6.09 Å². The smallest absolute Gasteiger partial charge is 0.407 e. The number of alkyl carbamates (subject to hydrolysis) is 1. The van der Waals surface area contributed by atoms with Crippen LogP contribution >= 0.6 is 11.6 Å². The maximum atomic E-state index is 14.3. The summed E-state index contributed by atoms with van der Waals surface area (Å²) in [5.41, 5.74) is -0.984. The Hall–Kier alpha value is -3.46. The van der Waals surface area contributed by atoms with Gasteiger partial charge in [0, 0.05) is 18.3 Å². The summed E-state index contributed by atoms with van der Waals surface area (Å²) in [5, 5.41) is 2.17. The molecule has 0 fully saturated rings. The third-order valence-electron chi connectivity index (χ3n) is 4.83. The van der Waals surface area contributed by atoms with Crippen LogP contribution in [0.4, 0.5) is 18.0 Å². The van der Waals surface area contributed by atoms with Gasteiger partial charge in [0.25, 0.3) is 5.56 Å². The number of carbonyl (C=O) groups is 1. The number of nitrogens with zero attached hydrogens (tertiary/aromatic N) is 1. The number of nitrogens with one attached hydrogen (secondary N) is 1. The monoisotopic (exact) mass is 508 g/mol. The number of ether oxygens (including phenoxy) is 2. The summed E-state index contributed by atoms with van der Waals surface area (Å²) in [7, 11) is 0. The van der Waals surface area contributed by atoms with Crippen LogP contribution in [0.1, 0.15) is 37.6 Å². The number of para-hydroxylation sites is 1. The lowest BCUT2D eigenvalue weighted by Gasteiger charge is -2.20. The van der Waals surface area contributed by atoms with Gasteiger partial charge in [0.05, 0.1) is 0 Å². The van der Waals surface area contributed by atoms with Crippen molar-refractivity contribution in [2.75, 3.05) is 0 Å². The average Bonchev–Trinajstić information content (AvgIpc) is 2.75. The van der Waals surface area contributed by atoms with Crippen LogP contribution < -0.4 is 15.6 Å². The molecule has 3 aromatic rings. The average molecular weight is 509 g/mol. The molecule has 0 saturated carbocycles. The van der Waals surface area contributed by atoms with Gasteiger partial charge in [0.2, 0.25) is 0 Å². The Morgan fingerprint density at radius 1 is 1.06 bits per heavy atom. The van der Waals surface area contributed by atoms with E-state index >= 15 is 0 Å². The van der Waals surface area contributed by atoms with Crippen molar-refractivity contribution in [3.63, 3.8) is 0 Å². The van der Waals surface area contributed by atoms with Crippen molar-refractivity contribution < 1.29 is 27.4 Å². The number of pyridine rings is 1. The third-order valence-corrected chi connectivity index (χ3v) is 5.18. The van der Waals surface area contributed by atoms with Gasteiger partial charge in [-0.25, -0.2) is 18.0 Å².